The zero-order valence-electron chi connectivity index (χ0n) is 5.66. The minimum Gasteiger partial charge on any atom is -0.822 e. The summed E-state index contributed by atoms with van der Waals surface area (Å²) in [6.45, 7) is 0. The van der Waals surface area contributed by atoms with Gasteiger partial charge in [0.15, 0.2) is 0 Å². The third kappa shape index (κ3) is 163. The van der Waals surface area contributed by atoms with E-state index in [-0.39, 0.29) is 65.0 Å². The third-order valence-corrected chi connectivity index (χ3v) is 0. The SMILES string of the molecule is O=P([O-])([O-])[O-].[B].[Li+].[Li+].[Li+]. The third-order valence-electron chi connectivity index (χ3n) is 0. The predicted octanol–water partition coefficient (Wildman–Crippen LogP) is -12.2. The Morgan fingerprint density at radius 1 is 0.889 bits per heavy atom. The fraction of sp³-hybridized carbons (Fsp3) is 0. The predicted molar refractivity (Wildman–Crippen MR) is 13.4 cm³/mol. The molecule has 0 rings (SSSR count). The molecule has 0 spiro atoms. The van der Waals surface area contributed by atoms with E-state index in [2.05, 4.69) is 0 Å². The quantitative estimate of drug-likeness (QED) is 0.238. The van der Waals surface area contributed by atoms with Crippen LogP contribution in [-0.4, -0.2) is 8.41 Å². The second kappa shape index (κ2) is 12.6. The van der Waals surface area contributed by atoms with Crippen LogP contribution < -0.4 is 71.3 Å². The van der Waals surface area contributed by atoms with Crippen molar-refractivity contribution in [1.29, 1.82) is 0 Å². The zero-order chi connectivity index (χ0) is 4.50. The number of rotatable bonds is 0. The van der Waals surface area contributed by atoms with Gasteiger partial charge in [-0.3, -0.25) is 0 Å². The van der Waals surface area contributed by atoms with Crippen molar-refractivity contribution in [2.45, 2.75) is 0 Å². The van der Waals surface area contributed by atoms with Crippen molar-refractivity contribution in [1.82, 2.24) is 0 Å². The minimum absolute atomic E-state index is 0. The number of phosphoric acid groups is 1. The van der Waals surface area contributed by atoms with Gasteiger partial charge < -0.3 is 19.2 Å². The van der Waals surface area contributed by atoms with E-state index in [4.69, 9.17) is 19.2 Å². The van der Waals surface area contributed by atoms with E-state index in [1.807, 2.05) is 0 Å². The first kappa shape index (κ1) is 30.6. The fourth-order valence-electron chi connectivity index (χ4n) is 0. The molecule has 0 aromatic carbocycles. The van der Waals surface area contributed by atoms with Crippen LogP contribution in [0.1, 0.15) is 0 Å². The van der Waals surface area contributed by atoms with Gasteiger partial charge in [0.25, 0.3) is 0 Å². The minimum atomic E-state index is -5.39. The molecule has 0 saturated carbocycles. The van der Waals surface area contributed by atoms with Gasteiger partial charge >= 0.3 is 56.6 Å². The monoisotopic (exact) mass is 127 g/mol. The first-order chi connectivity index (χ1) is 2.00. The van der Waals surface area contributed by atoms with Gasteiger partial charge in [0.05, 0.1) is 0 Å². The first-order valence-corrected chi connectivity index (χ1v) is 2.19. The molecule has 0 aromatic rings. The van der Waals surface area contributed by atoms with Crippen LogP contribution in [0.4, 0.5) is 0 Å². The molecule has 0 aromatic heterocycles. The van der Waals surface area contributed by atoms with Crippen LogP contribution in [-0.2, 0) is 4.57 Å². The van der Waals surface area contributed by atoms with Crippen molar-refractivity contribution < 1.29 is 75.8 Å². The molecule has 0 heterocycles. The van der Waals surface area contributed by atoms with Crippen LogP contribution in [0.15, 0.2) is 0 Å². The van der Waals surface area contributed by atoms with Crippen molar-refractivity contribution in [3.63, 3.8) is 0 Å². The molecule has 3 radical (unpaired) electrons. The molecule has 0 aliphatic carbocycles. The number of hydrogen-bond donors (Lipinski definition) is 0. The summed E-state index contributed by atoms with van der Waals surface area (Å²) in [7, 11) is -5.39. The second-order valence-electron chi connectivity index (χ2n) is 0.447. The summed E-state index contributed by atoms with van der Waals surface area (Å²) < 4.78 is 8.55. The largest absolute Gasteiger partial charge is 1.00 e. The van der Waals surface area contributed by atoms with Gasteiger partial charge in [-0.15, -0.1) is 0 Å². The zero-order valence-corrected chi connectivity index (χ0v) is 6.55. The smallest absolute Gasteiger partial charge is 0.822 e. The van der Waals surface area contributed by atoms with Crippen LogP contribution in [0.3, 0.4) is 0 Å². The molecule has 0 amide bonds. The Morgan fingerprint density at radius 3 is 0.889 bits per heavy atom. The molecule has 0 bridgehead atoms. The molecule has 0 N–H and O–H groups in total. The van der Waals surface area contributed by atoms with E-state index in [0.717, 1.165) is 0 Å². The summed E-state index contributed by atoms with van der Waals surface area (Å²) in [6.07, 6.45) is 0. The Morgan fingerprint density at radius 2 is 0.889 bits per heavy atom. The van der Waals surface area contributed by atoms with E-state index in [1.165, 1.54) is 0 Å². The summed E-state index contributed by atoms with van der Waals surface area (Å²) in [5.74, 6) is 0. The number of hydrogen-bond acceptors (Lipinski definition) is 4. The van der Waals surface area contributed by atoms with Gasteiger partial charge in [-0.25, -0.2) is 0 Å². The van der Waals surface area contributed by atoms with Crippen molar-refractivity contribution >= 4 is 16.2 Å². The maximum atomic E-state index is 8.55. The molecule has 35 valence electrons. The normalized spacial score (nSPS) is 6.56. The molecule has 0 aliphatic heterocycles. The average Bonchev–Trinajstić information content (AvgIpc) is 0.722. The summed E-state index contributed by atoms with van der Waals surface area (Å²) in [6, 6.07) is 0. The van der Waals surface area contributed by atoms with Gasteiger partial charge in [0.1, 0.15) is 0 Å². The average molecular weight is 127 g/mol. The molecule has 0 aliphatic rings. The Bertz CT molecular complexity index is 61.9. The molecular weight excluding hydrogens is 127 g/mol. The molecule has 0 atom stereocenters. The van der Waals surface area contributed by atoms with Gasteiger partial charge in [-0.2, -0.15) is 7.82 Å². The van der Waals surface area contributed by atoms with Gasteiger partial charge in [-0.05, 0) is 0 Å². The summed E-state index contributed by atoms with van der Waals surface area (Å²) in [5, 5.41) is 0. The van der Waals surface area contributed by atoms with Crippen LogP contribution in [0, 0.1) is 0 Å². The Balaban J connectivity index is -0.0000000133. The van der Waals surface area contributed by atoms with Crippen molar-refractivity contribution in [2.75, 3.05) is 0 Å². The van der Waals surface area contributed by atoms with Gasteiger partial charge in [-0.1, -0.05) is 0 Å². The van der Waals surface area contributed by atoms with Gasteiger partial charge in [0, 0.05) is 8.41 Å². The summed E-state index contributed by atoms with van der Waals surface area (Å²) in [4.78, 5) is 25.6. The Kier molecular flexibility index (Phi) is 42.9. The van der Waals surface area contributed by atoms with Crippen LogP contribution in [0.5, 0.6) is 0 Å². The standard InChI is InChI=1S/B.3Li.H3O4P/c;;;;1-5(2,3)4/h;;;;(H3,1,2,3,4)/q;3*+1;/p-3. The molecule has 0 fully saturated rings. The molecule has 4 nitrogen and oxygen atoms in total. The fourth-order valence-corrected chi connectivity index (χ4v) is 0. The Hall–Kier alpha value is 1.97. The van der Waals surface area contributed by atoms with Crippen LogP contribution >= 0.6 is 7.82 Å². The summed E-state index contributed by atoms with van der Waals surface area (Å²) in [5.41, 5.74) is 0. The molecule has 9 heteroatoms. The molecule has 9 heavy (non-hydrogen) atoms. The summed E-state index contributed by atoms with van der Waals surface area (Å²) >= 11 is 0. The first-order valence-electron chi connectivity index (χ1n) is 0.730. The van der Waals surface area contributed by atoms with Crippen LogP contribution in [0.2, 0.25) is 0 Å². The molecular formula is BLi3O4P. The van der Waals surface area contributed by atoms with E-state index in [9.17, 15) is 0 Å². The van der Waals surface area contributed by atoms with Crippen molar-refractivity contribution in [2.24, 2.45) is 0 Å². The van der Waals surface area contributed by atoms with Crippen LogP contribution in [0.25, 0.3) is 0 Å². The van der Waals surface area contributed by atoms with E-state index >= 15 is 0 Å². The van der Waals surface area contributed by atoms with Crippen molar-refractivity contribution in [3.8, 4) is 0 Å². The maximum absolute atomic E-state index is 8.55. The topological polar surface area (TPSA) is 86.2 Å². The maximum Gasteiger partial charge on any atom is 1.00 e. The second-order valence-corrected chi connectivity index (χ2v) is 1.34. The Labute approximate surface area is 91.5 Å². The molecule has 0 saturated heterocycles. The van der Waals surface area contributed by atoms with Crippen molar-refractivity contribution in [3.05, 3.63) is 0 Å². The van der Waals surface area contributed by atoms with E-state index in [1.54, 1.807) is 0 Å². The molecule has 0 unspecified atom stereocenters. The van der Waals surface area contributed by atoms with E-state index in [0.29, 0.717) is 0 Å². The van der Waals surface area contributed by atoms with E-state index < -0.39 is 7.82 Å². The van der Waals surface area contributed by atoms with Gasteiger partial charge in [0.2, 0.25) is 0 Å².